The van der Waals surface area contributed by atoms with Crippen molar-refractivity contribution < 1.29 is 76.9 Å². The molecule has 6 rings (SSSR count). The lowest BCUT2D eigenvalue weighted by Crippen LogP contribution is -2.82. The number of ether oxygens (including phenoxy) is 6. The second kappa shape index (κ2) is 16.4. The van der Waals surface area contributed by atoms with Crippen molar-refractivity contribution in [3.63, 3.8) is 0 Å². The number of ketones is 1. The summed E-state index contributed by atoms with van der Waals surface area (Å²) in [7, 11) is 0. The Hall–Kier alpha value is -4.90. The summed E-state index contributed by atoms with van der Waals surface area (Å²) in [4.78, 5) is 82.8. The molecular weight excluding hydrogens is 796 g/mol. The molecule has 3 N–H and O–H groups in total. The van der Waals surface area contributed by atoms with E-state index in [1.165, 1.54) is 44.4 Å². The van der Waals surface area contributed by atoms with Crippen molar-refractivity contribution in [1.82, 2.24) is 0 Å². The van der Waals surface area contributed by atoms with E-state index in [0.717, 1.165) is 6.92 Å². The van der Waals surface area contributed by atoms with E-state index in [1.54, 1.807) is 59.7 Å². The molecular formula is C45H56O16. The standard InChI is InChI=1S/C45H56O16/c1-10-31(47)58-29-20-30-44(22-56-30,60-24(3)46)36-38(59-39(52)25-15-12-11-13-16-25)45(54)21-28(23(2)33(42(45,7)8)35(50)37(51)43(29,36)9)57-40(53)34(49)26(27-17-14-18-55-27)19-32(48)61-41(4,5)6/h11-18,26,28-30,34-36,38,49-50,54H,10,19-22H2,1-9H3. The summed E-state index contributed by atoms with van der Waals surface area (Å²) in [6, 6.07) is 10.8. The van der Waals surface area contributed by atoms with Gasteiger partial charge in [0.15, 0.2) is 17.5 Å². The molecule has 332 valence electrons. The molecule has 16 heteroatoms. The molecule has 2 bridgehead atoms. The van der Waals surface area contributed by atoms with Crippen LogP contribution in [0, 0.1) is 16.7 Å². The van der Waals surface area contributed by atoms with Crippen molar-refractivity contribution in [3.05, 3.63) is 71.2 Å². The molecule has 2 heterocycles. The molecule has 3 fully saturated rings. The van der Waals surface area contributed by atoms with Crippen LogP contribution in [0.25, 0.3) is 0 Å². The van der Waals surface area contributed by atoms with Crippen LogP contribution in [0.3, 0.4) is 0 Å². The number of carbonyl (C=O) groups excluding carboxylic acids is 6. The molecule has 2 saturated carbocycles. The van der Waals surface area contributed by atoms with Crippen LogP contribution < -0.4 is 0 Å². The predicted octanol–water partition coefficient (Wildman–Crippen LogP) is 4.06. The number of aliphatic hydroxyl groups is 3. The first-order valence-electron chi connectivity index (χ1n) is 20.5. The molecule has 0 amide bonds. The highest BCUT2D eigenvalue weighted by Gasteiger charge is 2.78. The molecule has 1 aliphatic heterocycles. The number of fused-ring (bicyclic) bond motifs is 5. The van der Waals surface area contributed by atoms with E-state index in [2.05, 4.69) is 0 Å². The minimum atomic E-state index is -2.39. The molecule has 0 radical (unpaired) electrons. The summed E-state index contributed by atoms with van der Waals surface area (Å²) in [5.41, 5.74) is -8.61. The van der Waals surface area contributed by atoms with Gasteiger partial charge in [-0.1, -0.05) is 39.0 Å². The highest BCUT2D eigenvalue weighted by atomic mass is 16.6. The quantitative estimate of drug-likeness (QED) is 0.164. The van der Waals surface area contributed by atoms with Gasteiger partial charge in [-0.2, -0.15) is 0 Å². The Kier molecular flexibility index (Phi) is 12.3. The van der Waals surface area contributed by atoms with Crippen LogP contribution in [0.1, 0.15) is 110 Å². The minimum Gasteiger partial charge on any atom is -0.469 e. The smallest absolute Gasteiger partial charge is 0.338 e. The Morgan fingerprint density at radius 2 is 1.64 bits per heavy atom. The molecule has 1 aromatic heterocycles. The van der Waals surface area contributed by atoms with Gasteiger partial charge < -0.3 is 48.2 Å². The summed E-state index contributed by atoms with van der Waals surface area (Å²) < 4.78 is 41.4. The number of furan rings is 1. The predicted molar refractivity (Wildman–Crippen MR) is 211 cm³/mol. The Balaban J connectivity index is 1.52. The van der Waals surface area contributed by atoms with Gasteiger partial charge in [0.1, 0.15) is 47.5 Å². The molecule has 1 saturated heterocycles. The van der Waals surface area contributed by atoms with Crippen molar-refractivity contribution in [1.29, 1.82) is 0 Å². The lowest BCUT2D eigenvalue weighted by Gasteiger charge is -2.67. The number of Topliss-reactive ketones (excluding diaryl/α,β-unsaturated/α-hetero) is 1. The number of aliphatic hydroxyl groups excluding tert-OH is 2. The molecule has 0 spiro atoms. The van der Waals surface area contributed by atoms with Gasteiger partial charge in [-0.05, 0) is 70.0 Å². The third-order valence-electron chi connectivity index (χ3n) is 13.0. The maximum absolute atomic E-state index is 15.4. The average Bonchev–Trinajstić information content (AvgIpc) is 3.72. The molecule has 2 aromatic rings. The Morgan fingerprint density at radius 1 is 0.967 bits per heavy atom. The van der Waals surface area contributed by atoms with Gasteiger partial charge in [0, 0.05) is 31.6 Å². The van der Waals surface area contributed by atoms with Crippen molar-refractivity contribution in [2.45, 2.75) is 147 Å². The monoisotopic (exact) mass is 852 g/mol. The fourth-order valence-corrected chi connectivity index (χ4v) is 9.97. The molecule has 4 aliphatic rings. The minimum absolute atomic E-state index is 0.0644. The van der Waals surface area contributed by atoms with Gasteiger partial charge in [0.25, 0.3) is 0 Å². The summed E-state index contributed by atoms with van der Waals surface area (Å²) in [6.45, 7) is 13.4. The SMILES string of the molecule is CCC(=O)OC1CC2OCC2(OC(C)=O)C2C(OC(=O)c3ccccc3)C3(O)CC(OC(=O)C(O)C(CC(=O)OC(C)(C)C)c4ccco4)C(C)=C(C(O)C(=O)C12C)C3(C)C. The fraction of sp³-hybridized carbons (Fsp3) is 0.600. The van der Waals surface area contributed by atoms with Gasteiger partial charge in [0.05, 0.1) is 42.1 Å². The van der Waals surface area contributed by atoms with E-state index < -0.39 is 125 Å². The summed E-state index contributed by atoms with van der Waals surface area (Å²) in [5.74, 6) is -8.05. The van der Waals surface area contributed by atoms with Gasteiger partial charge in [-0.15, -0.1) is 0 Å². The van der Waals surface area contributed by atoms with Crippen molar-refractivity contribution in [2.75, 3.05) is 6.61 Å². The zero-order chi connectivity index (χ0) is 45.0. The molecule has 61 heavy (non-hydrogen) atoms. The first-order chi connectivity index (χ1) is 28.4. The van der Waals surface area contributed by atoms with Crippen molar-refractivity contribution in [2.24, 2.45) is 16.7 Å². The molecule has 16 nitrogen and oxygen atoms in total. The van der Waals surface area contributed by atoms with E-state index in [4.69, 9.17) is 32.8 Å². The number of hydrogen-bond acceptors (Lipinski definition) is 16. The summed E-state index contributed by atoms with van der Waals surface area (Å²) in [5, 5.41) is 37.6. The van der Waals surface area contributed by atoms with E-state index in [1.807, 2.05) is 0 Å². The normalized spacial score (nSPS) is 32.6. The second-order valence-electron chi connectivity index (χ2n) is 18.3. The van der Waals surface area contributed by atoms with Gasteiger partial charge >= 0.3 is 29.8 Å². The van der Waals surface area contributed by atoms with Crippen LogP contribution in [0.15, 0.2) is 64.3 Å². The van der Waals surface area contributed by atoms with E-state index in [-0.39, 0.29) is 41.9 Å². The first-order valence-corrected chi connectivity index (χ1v) is 20.5. The highest BCUT2D eigenvalue weighted by Crippen LogP contribution is 2.64. The third kappa shape index (κ3) is 7.92. The summed E-state index contributed by atoms with van der Waals surface area (Å²) >= 11 is 0. The van der Waals surface area contributed by atoms with Crippen LogP contribution in [-0.2, 0) is 52.4 Å². The van der Waals surface area contributed by atoms with E-state index in [0.29, 0.717) is 0 Å². The van der Waals surface area contributed by atoms with Crippen LogP contribution in [0.2, 0.25) is 0 Å². The third-order valence-corrected chi connectivity index (χ3v) is 13.0. The van der Waals surface area contributed by atoms with Crippen LogP contribution in [0.4, 0.5) is 0 Å². The first kappa shape index (κ1) is 45.6. The lowest BCUT2D eigenvalue weighted by atomic mass is 9.44. The zero-order valence-corrected chi connectivity index (χ0v) is 35.9. The Morgan fingerprint density at radius 3 is 2.20 bits per heavy atom. The van der Waals surface area contributed by atoms with E-state index in [9.17, 15) is 39.3 Å². The van der Waals surface area contributed by atoms with Crippen LogP contribution >= 0.6 is 0 Å². The number of carbonyl (C=O) groups is 6. The van der Waals surface area contributed by atoms with E-state index >= 15 is 4.79 Å². The number of benzene rings is 1. The van der Waals surface area contributed by atoms with Gasteiger partial charge in [-0.25, -0.2) is 9.59 Å². The zero-order valence-electron chi connectivity index (χ0n) is 35.9. The van der Waals surface area contributed by atoms with Gasteiger partial charge in [-0.3, -0.25) is 19.2 Å². The Labute approximate surface area is 353 Å². The largest absolute Gasteiger partial charge is 0.469 e. The average molecular weight is 853 g/mol. The molecule has 3 aliphatic carbocycles. The highest BCUT2D eigenvalue weighted by molar-refractivity contribution is 5.94. The summed E-state index contributed by atoms with van der Waals surface area (Å²) in [6.07, 6.45) is -9.73. The lowest BCUT2D eigenvalue weighted by molar-refractivity contribution is -0.346. The van der Waals surface area contributed by atoms with Gasteiger partial charge in [0.2, 0.25) is 0 Å². The fourth-order valence-electron chi connectivity index (χ4n) is 9.97. The number of esters is 5. The maximum atomic E-state index is 15.4. The van der Waals surface area contributed by atoms with Crippen molar-refractivity contribution in [3.8, 4) is 0 Å². The maximum Gasteiger partial charge on any atom is 0.338 e. The van der Waals surface area contributed by atoms with Crippen molar-refractivity contribution >= 4 is 35.6 Å². The molecule has 1 aromatic carbocycles. The number of rotatable bonds is 11. The van der Waals surface area contributed by atoms with Crippen LogP contribution in [-0.4, -0.2) is 111 Å². The molecule has 11 atom stereocenters. The Bertz CT molecular complexity index is 2070. The number of hydrogen-bond donors (Lipinski definition) is 3. The molecule has 11 unspecified atom stereocenters. The second-order valence-corrected chi connectivity index (χ2v) is 18.3. The van der Waals surface area contributed by atoms with Crippen LogP contribution in [0.5, 0.6) is 0 Å². The topological polar surface area (TPSA) is 232 Å².